The van der Waals surface area contributed by atoms with E-state index in [2.05, 4.69) is 40.0 Å². The average Bonchev–Trinajstić information content (AvgIpc) is 2.96. The Morgan fingerprint density at radius 2 is 1.95 bits per heavy atom. The van der Waals surface area contributed by atoms with Crippen molar-refractivity contribution in [2.75, 3.05) is 0 Å². The van der Waals surface area contributed by atoms with Crippen LogP contribution in [0.2, 0.25) is 0 Å². The number of carbonyl (C=O) groups excluding carboxylic acids is 1. The van der Waals surface area contributed by atoms with Gasteiger partial charge in [0.05, 0.1) is 0 Å². The van der Waals surface area contributed by atoms with Crippen LogP contribution < -0.4 is 0 Å². The molecule has 0 spiro atoms. The second-order valence-electron chi connectivity index (χ2n) is 5.53. The predicted molar refractivity (Wildman–Crippen MR) is 94.4 cm³/mol. The molecule has 0 saturated heterocycles. The van der Waals surface area contributed by atoms with Crippen LogP contribution in [0.25, 0.3) is 10.9 Å². The summed E-state index contributed by atoms with van der Waals surface area (Å²) in [6.45, 7) is 2.14. The minimum atomic E-state index is 0.205. The number of H-pyrrole nitrogens is 1. The fourth-order valence-corrected chi connectivity index (χ4v) is 3.25. The van der Waals surface area contributed by atoms with E-state index < -0.39 is 0 Å². The average molecular weight is 356 g/mol. The van der Waals surface area contributed by atoms with Gasteiger partial charge in [-0.1, -0.05) is 53.2 Å². The number of nitrogens with one attached hydrogen (secondary N) is 1. The molecule has 1 atom stereocenters. The molecule has 0 amide bonds. The molecule has 1 unspecified atom stereocenters. The molecule has 0 aliphatic carbocycles. The Balaban J connectivity index is 1.90. The predicted octanol–water partition coefficient (Wildman–Crippen LogP) is 5.70. The third kappa shape index (κ3) is 3.00. The van der Waals surface area contributed by atoms with Crippen molar-refractivity contribution in [2.45, 2.75) is 25.7 Å². The summed E-state index contributed by atoms with van der Waals surface area (Å²) in [5, 5.41) is 1.20. The Morgan fingerprint density at radius 1 is 1.18 bits per heavy atom. The summed E-state index contributed by atoms with van der Waals surface area (Å²) in [6.07, 6.45) is 3.53. The highest BCUT2D eigenvalue weighted by Crippen LogP contribution is 2.32. The first-order chi connectivity index (χ1) is 10.7. The number of aromatic nitrogens is 1. The van der Waals surface area contributed by atoms with Crippen molar-refractivity contribution in [3.05, 3.63) is 70.3 Å². The number of Topliss-reactive ketones (excluding diaryl/α,β-unsaturated/α-hetero) is 1. The van der Waals surface area contributed by atoms with Gasteiger partial charge in [0.25, 0.3) is 0 Å². The fraction of sp³-hybridized carbons (Fsp3) is 0.211. The molecule has 2 aromatic carbocycles. The first-order valence-electron chi connectivity index (χ1n) is 7.54. The molecule has 3 heteroatoms. The first-order valence-corrected chi connectivity index (χ1v) is 8.33. The molecule has 22 heavy (non-hydrogen) atoms. The highest BCUT2D eigenvalue weighted by Gasteiger charge is 2.18. The smallest absolute Gasteiger partial charge is 0.163 e. The molecule has 0 aliphatic heterocycles. The number of hydrogen-bond donors (Lipinski definition) is 1. The monoisotopic (exact) mass is 355 g/mol. The van der Waals surface area contributed by atoms with E-state index in [1.807, 2.05) is 42.6 Å². The van der Waals surface area contributed by atoms with Crippen LogP contribution in [0.3, 0.4) is 0 Å². The van der Waals surface area contributed by atoms with Gasteiger partial charge in [-0.05, 0) is 36.1 Å². The summed E-state index contributed by atoms with van der Waals surface area (Å²) < 4.78 is 1.06. The van der Waals surface area contributed by atoms with Gasteiger partial charge in [-0.25, -0.2) is 0 Å². The fourth-order valence-electron chi connectivity index (χ4n) is 2.89. The van der Waals surface area contributed by atoms with Crippen LogP contribution in [0.5, 0.6) is 0 Å². The van der Waals surface area contributed by atoms with Crippen molar-refractivity contribution in [3.8, 4) is 0 Å². The van der Waals surface area contributed by atoms with E-state index in [4.69, 9.17) is 0 Å². The third-order valence-corrected chi connectivity index (χ3v) is 4.63. The molecular formula is C19H18BrNO. The summed E-state index contributed by atoms with van der Waals surface area (Å²) in [5.41, 5.74) is 3.13. The Bertz CT molecular complexity index is 792. The topological polar surface area (TPSA) is 32.9 Å². The molecule has 0 radical (unpaired) electrons. The van der Waals surface area contributed by atoms with Gasteiger partial charge in [0.15, 0.2) is 5.78 Å². The van der Waals surface area contributed by atoms with E-state index in [9.17, 15) is 4.79 Å². The first kappa shape index (κ1) is 15.0. The maximum Gasteiger partial charge on any atom is 0.163 e. The number of carbonyl (C=O) groups is 1. The van der Waals surface area contributed by atoms with Crippen molar-refractivity contribution in [2.24, 2.45) is 0 Å². The zero-order valence-corrected chi connectivity index (χ0v) is 14.1. The van der Waals surface area contributed by atoms with Crippen molar-refractivity contribution in [3.63, 3.8) is 0 Å². The molecule has 0 bridgehead atoms. The summed E-state index contributed by atoms with van der Waals surface area (Å²) in [5.74, 6) is 0.438. The normalized spacial score (nSPS) is 12.5. The molecule has 1 heterocycles. The zero-order valence-electron chi connectivity index (χ0n) is 12.5. The highest BCUT2D eigenvalue weighted by atomic mass is 79.9. The summed E-state index contributed by atoms with van der Waals surface area (Å²) in [7, 11) is 0. The van der Waals surface area contributed by atoms with Gasteiger partial charge in [-0.3, -0.25) is 4.79 Å². The van der Waals surface area contributed by atoms with Gasteiger partial charge in [-0.2, -0.15) is 0 Å². The Hall–Kier alpha value is -1.87. The van der Waals surface area contributed by atoms with Crippen LogP contribution in [-0.2, 0) is 0 Å². The van der Waals surface area contributed by atoms with Gasteiger partial charge in [0.2, 0.25) is 0 Å². The van der Waals surface area contributed by atoms with E-state index >= 15 is 0 Å². The van der Waals surface area contributed by atoms with Gasteiger partial charge < -0.3 is 4.98 Å². The lowest BCUT2D eigenvalue weighted by atomic mass is 9.89. The Kier molecular flexibility index (Phi) is 4.44. The van der Waals surface area contributed by atoms with E-state index in [-0.39, 0.29) is 11.7 Å². The molecule has 1 N–H and O–H groups in total. The number of ketones is 1. The molecule has 112 valence electrons. The van der Waals surface area contributed by atoms with E-state index in [1.54, 1.807) is 0 Å². The van der Waals surface area contributed by atoms with E-state index in [0.29, 0.717) is 6.42 Å². The van der Waals surface area contributed by atoms with Crippen LogP contribution >= 0.6 is 15.9 Å². The standard InChI is InChI=1S/C19H18BrNO/c1-2-13(10-19(22)14-6-4-3-5-7-14)17-12-21-18-9-8-15(20)11-16(17)18/h3-9,11-13,21H,2,10H2,1H3. The minimum absolute atomic E-state index is 0.205. The van der Waals surface area contributed by atoms with Crippen molar-refractivity contribution >= 4 is 32.6 Å². The van der Waals surface area contributed by atoms with E-state index in [0.717, 1.165) is 22.0 Å². The van der Waals surface area contributed by atoms with Crippen molar-refractivity contribution < 1.29 is 4.79 Å². The molecule has 1 aromatic heterocycles. The largest absolute Gasteiger partial charge is 0.361 e. The third-order valence-electron chi connectivity index (χ3n) is 4.14. The SMILES string of the molecule is CCC(CC(=O)c1ccccc1)c1c[nH]c2ccc(Br)cc12. The quantitative estimate of drug-likeness (QED) is 0.585. The highest BCUT2D eigenvalue weighted by molar-refractivity contribution is 9.10. The van der Waals surface area contributed by atoms with E-state index in [1.165, 1.54) is 10.9 Å². The number of aromatic amines is 1. The molecule has 2 nitrogen and oxygen atoms in total. The second kappa shape index (κ2) is 6.49. The molecule has 3 aromatic rings. The molecule has 0 saturated carbocycles. The number of fused-ring (bicyclic) bond motifs is 1. The van der Waals surface area contributed by atoms with Crippen LogP contribution in [0.1, 0.15) is 41.6 Å². The van der Waals surface area contributed by atoms with Crippen LogP contribution in [0, 0.1) is 0 Å². The maximum atomic E-state index is 12.5. The number of hydrogen-bond acceptors (Lipinski definition) is 1. The minimum Gasteiger partial charge on any atom is -0.361 e. The second-order valence-corrected chi connectivity index (χ2v) is 6.45. The van der Waals surface area contributed by atoms with Crippen LogP contribution in [0.15, 0.2) is 59.2 Å². The summed E-state index contributed by atoms with van der Waals surface area (Å²) in [6, 6.07) is 15.8. The zero-order chi connectivity index (χ0) is 15.5. The molecule has 0 aliphatic rings. The van der Waals surface area contributed by atoms with Crippen molar-refractivity contribution in [1.82, 2.24) is 4.98 Å². The molecular weight excluding hydrogens is 338 g/mol. The maximum absolute atomic E-state index is 12.5. The van der Waals surface area contributed by atoms with Gasteiger partial charge in [0.1, 0.15) is 0 Å². The number of halogens is 1. The summed E-state index contributed by atoms with van der Waals surface area (Å²) >= 11 is 3.53. The van der Waals surface area contributed by atoms with Crippen molar-refractivity contribution in [1.29, 1.82) is 0 Å². The number of benzene rings is 2. The lowest BCUT2D eigenvalue weighted by molar-refractivity contribution is 0.0973. The Labute approximate surface area is 138 Å². The van der Waals surface area contributed by atoms with Crippen LogP contribution in [-0.4, -0.2) is 10.8 Å². The molecule has 3 rings (SSSR count). The lowest BCUT2D eigenvalue weighted by Gasteiger charge is -2.13. The Morgan fingerprint density at radius 3 is 2.68 bits per heavy atom. The summed E-state index contributed by atoms with van der Waals surface area (Å²) in [4.78, 5) is 15.8. The van der Waals surface area contributed by atoms with Crippen LogP contribution in [0.4, 0.5) is 0 Å². The van der Waals surface area contributed by atoms with Gasteiger partial charge in [-0.15, -0.1) is 0 Å². The lowest BCUT2D eigenvalue weighted by Crippen LogP contribution is -2.06. The van der Waals surface area contributed by atoms with Gasteiger partial charge in [0, 0.05) is 33.6 Å². The number of rotatable bonds is 5. The van der Waals surface area contributed by atoms with Gasteiger partial charge >= 0.3 is 0 Å². The molecule has 0 fully saturated rings.